The van der Waals surface area contributed by atoms with E-state index >= 15 is 0 Å². The number of imide groups is 1. The Kier molecular flexibility index (Phi) is 3.95. The Morgan fingerprint density at radius 1 is 1.22 bits per heavy atom. The SMILES string of the molecule is C=C(C)CN1C(=[N+]2CCCCC2)N=C2C1C(=O)N(C)C(=O)N2C. The molecule has 0 N–H and O–H groups in total. The van der Waals surface area contributed by atoms with Crippen LogP contribution in [-0.4, -0.2) is 82.8 Å². The number of carbonyl (C=O) groups excluding carboxylic acids is 2. The summed E-state index contributed by atoms with van der Waals surface area (Å²) in [6, 6.07) is -0.864. The van der Waals surface area contributed by atoms with Crippen molar-refractivity contribution in [3.8, 4) is 0 Å². The summed E-state index contributed by atoms with van der Waals surface area (Å²) in [7, 11) is 3.20. The average molecular weight is 318 g/mol. The Bertz CT molecular complexity index is 628. The van der Waals surface area contributed by atoms with Crippen molar-refractivity contribution in [2.45, 2.75) is 32.2 Å². The zero-order chi connectivity index (χ0) is 16.7. The van der Waals surface area contributed by atoms with Crippen LogP contribution in [0.5, 0.6) is 0 Å². The van der Waals surface area contributed by atoms with Gasteiger partial charge in [-0.05, 0) is 31.8 Å². The Hall–Kier alpha value is -2.18. The fourth-order valence-corrected chi connectivity index (χ4v) is 3.38. The van der Waals surface area contributed by atoms with E-state index in [0.29, 0.717) is 12.4 Å². The van der Waals surface area contributed by atoms with E-state index in [-0.39, 0.29) is 11.9 Å². The van der Waals surface area contributed by atoms with Crippen LogP contribution in [0.3, 0.4) is 0 Å². The second-order valence-electron chi connectivity index (χ2n) is 6.54. The van der Waals surface area contributed by atoms with Crippen LogP contribution >= 0.6 is 0 Å². The van der Waals surface area contributed by atoms with Gasteiger partial charge in [-0.3, -0.25) is 19.2 Å². The molecule has 124 valence electrons. The molecule has 0 aromatic rings. The van der Waals surface area contributed by atoms with Crippen LogP contribution in [0.25, 0.3) is 0 Å². The third-order valence-electron chi connectivity index (χ3n) is 4.59. The van der Waals surface area contributed by atoms with Crippen molar-refractivity contribution >= 4 is 23.7 Å². The van der Waals surface area contributed by atoms with E-state index in [1.54, 1.807) is 7.05 Å². The second kappa shape index (κ2) is 5.79. The minimum Gasteiger partial charge on any atom is -0.270 e. The number of likely N-dealkylation sites (N-methyl/N-ethyl adjacent to an activating group) is 2. The maximum Gasteiger partial charge on any atom is 0.392 e. The summed E-state index contributed by atoms with van der Waals surface area (Å²) in [5, 5.41) is 0. The van der Waals surface area contributed by atoms with Crippen molar-refractivity contribution < 1.29 is 14.2 Å². The van der Waals surface area contributed by atoms with Gasteiger partial charge >= 0.3 is 12.0 Å². The molecule has 3 heterocycles. The molecular weight excluding hydrogens is 294 g/mol. The normalized spacial score (nSPS) is 25.1. The number of urea groups is 1. The molecule has 3 rings (SSSR count). The summed E-state index contributed by atoms with van der Waals surface area (Å²) in [5.41, 5.74) is 0.964. The summed E-state index contributed by atoms with van der Waals surface area (Å²) in [5.74, 6) is 1.11. The molecule has 0 radical (unpaired) electrons. The molecule has 2 saturated heterocycles. The zero-order valence-corrected chi connectivity index (χ0v) is 14.1. The second-order valence-corrected chi connectivity index (χ2v) is 6.54. The van der Waals surface area contributed by atoms with E-state index < -0.39 is 6.04 Å². The number of carbonyl (C=O) groups is 2. The first-order valence-electron chi connectivity index (χ1n) is 8.08. The molecule has 3 aliphatic rings. The fraction of sp³-hybridized carbons (Fsp3) is 0.625. The predicted molar refractivity (Wildman–Crippen MR) is 87.5 cm³/mol. The van der Waals surface area contributed by atoms with Gasteiger partial charge in [0.15, 0.2) is 0 Å². The first-order chi connectivity index (χ1) is 10.9. The van der Waals surface area contributed by atoms with Crippen molar-refractivity contribution in [1.82, 2.24) is 14.7 Å². The van der Waals surface area contributed by atoms with E-state index in [1.807, 2.05) is 11.8 Å². The zero-order valence-electron chi connectivity index (χ0n) is 14.1. The summed E-state index contributed by atoms with van der Waals surface area (Å²) in [6.07, 6.45) is 3.48. The third kappa shape index (κ3) is 2.54. The van der Waals surface area contributed by atoms with E-state index in [9.17, 15) is 9.59 Å². The molecule has 0 aromatic carbocycles. The van der Waals surface area contributed by atoms with Crippen LogP contribution in [-0.2, 0) is 4.79 Å². The molecular formula is C16H24N5O2+. The van der Waals surface area contributed by atoms with Crippen molar-refractivity contribution in [3.63, 3.8) is 0 Å². The maximum atomic E-state index is 12.7. The van der Waals surface area contributed by atoms with Crippen molar-refractivity contribution in [2.24, 2.45) is 4.99 Å². The molecule has 23 heavy (non-hydrogen) atoms. The number of amidine groups is 1. The summed E-state index contributed by atoms with van der Waals surface area (Å²) in [6.45, 7) is 8.36. The minimum absolute atomic E-state index is 0.222. The highest BCUT2D eigenvalue weighted by atomic mass is 16.2. The lowest BCUT2D eigenvalue weighted by molar-refractivity contribution is -0.542. The van der Waals surface area contributed by atoms with Gasteiger partial charge in [-0.2, -0.15) is 0 Å². The van der Waals surface area contributed by atoms with Gasteiger partial charge in [0, 0.05) is 14.1 Å². The van der Waals surface area contributed by atoms with Crippen LogP contribution in [0.15, 0.2) is 17.1 Å². The molecule has 0 aliphatic carbocycles. The van der Waals surface area contributed by atoms with E-state index in [2.05, 4.69) is 16.1 Å². The van der Waals surface area contributed by atoms with E-state index in [4.69, 9.17) is 0 Å². The number of rotatable bonds is 2. The van der Waals surface area contributed by atoms with Crippen LogP contribution in [0.4, 0.5) is 4.79 Å². The van der Waals surface area contributed by atoms with Crippen LogP contribution in [0, 0.1) is 0 Å². The first-order valence-corrected chi connectivity index (χ1v) is 8.08. The monoisotopic (exact) mass is 318 g/mol. The number of amides is 3. The highest BCUT2D eigenvalue weighted by Crippen LogP contribution is 2.24. The van der Waals surface area contributed by atoms with Crippen LogP contribution in [0.1, 0.15) is 26.2 Å². The lowest BCUT2D eigenvalue weighted by atomic mass is 10.1. The van der Waals surface area contributed by atoms with Gasteiger partial charge in [-0.15, -0.1) is 0 Å². The number of guanidine groups is 1. The average Bonchev–Trinajstić information content (AvgIpc) is 2.90. The number of hydrogen-bond acceptors (Lipinski definition) is 2. The number of nitrogens with zero attached hydrogens (tertiary/aromatic N) is 5. The standard InChI is InChI=1S/C16H24N5O2/c1-11(2)10-21-12-13(18(3)16(23)19(4)14(12)22)17-15(21)20-8-6-5-7-9-20/h12H,1,5-10H2,2-4H3/q+1. The molecule has 0 saturated carbocycles. The summed E-state index contributed by atoms with van der Waals surface area (Å²) in [4.78, 5) is 34.2. The topological polar surface area (TPSA) is 59.2 Å². The van der Waals surface area contributed by atoms with Gasteiger partial charge in [0.25, 0.3) is 5.91 Å². The van der Waals surface area contributed by atoms with Crippen molar-refractivity contribution in [3.05, 3.63) is 12.2 Å². The Morgan fingerprint density at radius 3 is 2.48 bits per heavy atom. The molecule has 0 bridgehead atoms. The number of piperidine rings is 1. The molecule has 0 spiro atoms. The smallest absolute Gasteiger partial charge is 0.270 e. The predicted octanol–water partition coefficient (Wildman–Crippen LogP) is 0.721. The molecule has 3 aliphatic heterocycles. The molecule has 7 nitrogen and oxygen atoms in total. The third-order valence-corrected chi connectivity index (χ3v) is 4.59. The van der Waals surface area contributed by atoms with Gasteiger partial charge < -0.3 is 0 Å². The largest absolute Gasteiger partial charge is 0.392 e. The quantitative estimate of drug-likeness (QED) is 0.557. The molecule has 7 heteroatoms. The van der Waals surface area contributed by atoms with Gasteiger partial charge in [0.05, 0.1) is 19.6 Å². The van der Waals surface area contributed by atoms with Crippen molar-refractivity contribution in [1.29, 1.82) is 0 Å². The van der Waals surface area contributed by atoms with Gasteiger partial charge in [-0.1, -0.05) is 11.6 Å². The molecule has 1 unspecified atom stereocenters. The number of hydrogen-bond donors (Lipinski definition) is 0. The lowest BCUT2D eigenvalue weighted by Gasteiger charge is -2.33. The Balaban J connectivity index is 2.06. The van der Waals surface area contributed by atoms with E-state index in [1.165, 1.54) is 23.3 Å². The molecule has 2 fully saturated rings. The first kappa shape index (κ1) is 15.7. The Morgan fingerprint density at radius 2 is 1.87 bits per heavy atom. The van der Waals surface area contributed by atoms with E-state index in [0.717, 1.165) is 37.5 Å². The fourth-order valence-electron chi connectivity index (χ4n) is 3.38. The summed E-state index contributed by atoms with van der Waals surface area (Å²) >= 11 is 0. The Labute approximate surface area is 136 Å². The van der Waals surface area contributed by atoms with Crippen LogP contribution in [0.2, 0.25) is 0 Å². The number of fused-ring (bicyclic) bond motifs is 1. The molecule has 1 atom stereocenters. The van der Waals surface area contributed by atoms with Gasteiger partial charge in [0.2, 0.25) is 11.9 Å². The highest BCUT2D eigenvalue weighted by molar-refractivity contribution is 6.25. The maximum absolute atomic E-state index is 12.7. The van der Waals surface area contributed by atoms with Crippen molar-refractivity contribution in [2.75, 3.05) is 33.7 Å². The summed E-state index contributed by atoms with van der Waals surface area (Å²) < 4.78 is 2.23. The minimum atomic E-state index is -0.531. The van der Waals surface area contributed by atoms with Gasteiger partial charge in [0.1, 0.15) is 0 Å². The van der Waals surface area contributed by atoms with Crippen LogP contribution < -0.4 is 0 Å². The molecule has 3 amide bonds. The number of aliphatic imine (C=N–C) groups is 1. The van der Waals surface area contributed by atoms with Gasteiger partial charge in [-0.25, -0.2) is 9.69 Å². The molecule has 0 aromatic heterocycles. The highest BCUT2D eigenvalue weighted by Gasteiger charge is 2.55. The lowest BCUT2D eigenvalue weighted by Crippen LogP contribution is -2.63.